The first kappa shape index (κ1) is 14.7. The Kier molecular flexibility index (Phi) is 4.28. The number of pyridine rings is 1. The Morgan fingerprint density at radius 3 is 2.57 bits per heavy atom. The summed E-state index contributed by atoms with van der Waals surface area (Å²) in [7, 11) is 1.59. The van der Waals surface area contributed by atoms with Crippen LogP contribution in [0.2, 0.25) is 0 Å². The number of methoxy groups -OCH3 is 1. The van der Waals surface area contributed by atoms with Gasteiger partial charge in [0.15, 0.2) is 0 Å². The number of ether oxygens (including phenoxy) is 1. The standard InChI is InChI=1S/C16H14N4O3/c1-22-13-4-2-12(3-5-13)15-19-20-16(23-15)14(21)18-10-11-6-8-17-9-7-11/h2-9H,10H2,1H3,(H,18,21). The third kappa shape index (κ3) is 3.52. The largest absolute Gasteiger partial charge is 0.497 e. The van der Waals surface area contributed by atoms with Gasteiger partial charge in [-0.15, -0.1) is 10.2 Å². The van der Waals surface area contributed by atoms with E-state index < -0.39 is 5.91 Å². The van der Waals surface area contributed by atoms with E-state index in [2.05, 4.69) is 20.5 Å². The second-order valence-corrected chi connectivity index (χ2v) is 4.68. The van der Waals surface area contributed by atoms with Crippen molar-refractivity contribution in [3.05, 3.63) is 60.2 Å². The third-order valence-corrected chi connectivity index (χ3v) is 3.16. The van der Waals surface area contributed by atoms with Crippen molar-refractivity contribution in [3.63, 3.8) is 0 Å². The van der Waals surface area contributed by atoms with Gasteiger partial charge in [-0.1, -0.05) is 0 Å². The molecule has 0 bridgehead atoms. The molecule has 0 saturated carbocycles. The number of rotatable bonds is 5. The molecule has 1 N–H and O–H groups in total. The predicted molar refractivity (Wildman–Crippen MR) is 81.7 cm³/mol. The maximum Gasteiger partial charge on any atom is 0.309 e. The molecule has 0 fully saturated rings. The molecule has 3 rings (SSSR count). The number of carbonyl (C=O) groups is 1. The Morgan fingerprint density at radius 2 is 1.87 bits per heavy atom. The van der Waals surface area contributed by atoms with Crippen LogP contribution in [0.4, 0.5) is 0 Å². The number of nitrogens with one attached hydrogen (secondary N) is 1. The lowest BCUT2D eigenvalue weighted by atomic mass is 10.2. The third-order valence-electron chi connectivity index (χ3n) is 3.16. The summed E-state index contributed by atoms with van der Waals surface area (Å²) in [6, 6.07) is 10.8. The Hall–Kier alpha value is -3.22. The average molecular weight is 310 g/mol. The monoisotopic (exact) mass is 310 g/mol. The van der Waals surface area contributed by atoms with Crippen LogP contribution in [0.25, 0.3) is 11.5 Å². The van der Waals surface area contributed by atoms with Gasteiger partial charge in [0.05, 0.1) is 7.11 Å². The highest BCUT2D eigenvalue weighted by Gasteiger charge is 2.15. The molecular formula is C16H14N4O3. The molecule has 23 heavy (non-hydrogen) atoms. The van der Waals surface area contributed by atoms with Gasteiger partial charge in [0.1, 0.15) is 5.75 Å². The van der Waals surface area contributed by atoms with E-state index in [1.165, 1.54) is 0 Å². The molecule has 0 unspecified atom stereocenters. The van der Waals surface area contributed by atoms with Crippen molar-refractivity contribution in [2.75, 3.05) is 7.11 Å². The van der Waals surface area contributed by atoms with Gasteiger partial charge in [-0.3, -0.25) is 9.78 Å². The van der Waals surface area contributed by atoms with Crippen molar-refractivity contribution in [1.82, 2.24) is 20.5 Å². The molecule has 3 aromatic rings. The lowest BCUT2D eigenvalue weighted by Crippen LogP contribution is -2.23. The van der Waals surface area contributed by atoms with Crippen LogP contribution < -0.4 is 10.1 Å². The lowest BCUT2D eigenvalue weighted by Gasteiger charge is -2.01. The Morgan fingerprint density at radius 1 is 1.13 bits per heavy atom. The van der Waals surface area contributed by atoms with Gasteiger partial charge < -0.3 is 14.5 Å². The molecule has 0 spiro atoms. The minimum atomic E-state index is -0.422. The zero-order chi connectivity index (χ0) is 16.1. The van der Waals surface area contributed by atoms with Crippen LogP contribution in [0.1, 0.15) is 16.2 Å². The fourth-order valence-corrected chi connectivity index (χ4v) is 1.92. The number of carbonyl (C=O) groups excluding carboxylic acids is 1. The minimum Gasteiger partial charge on any atom is -0.497 e. The maximum absolute atomic E-state index is 12.0. The van der Waals surface area contributed by atoms with E-state index >= 15 is 0 Å². The number of nitrogens with zero attached hydrogens (tertiary/aromatic N) is 3. The molecule has 1 aromatic carbocycles. The zero-order valence-corrected chi connectivity index (χ0v) is 12.4. The Labute approximate surface area is 132 Å². The molecular weight excluding hydrogens is 296 g/mol. The van der Waals surface area contributed by atoms with Gasteiger partial charge in [-0.25, -0.2) is 0 Å². The zero-order valence-electron chi connectivity index (χ0n) is 12.4. The fourth-order valence-electron chi connectivity index (χ4n) is 1.92. The number of hydrogen-bond acceptors (Lipinski definition) is 6. The van der Waals surface area contributed by atoms with Crippen molar-refractivity contribution in [2.45, 2.75) is 6.54 Å². The van der Waals surface area contributed by atoms with Crippen molar-refractivity contribution < 1.29 is 13.9 Å². The summed E-state index contributed by atoms with van der Waals surface area (Å²) >= 11 is 0. The molecule has 0 aliphatic carbocycles. The summed E-state index contributed by atoms with van der Waals surface area (Å²) in [5.41, 5.74) is 1.65. The Balaban J connectivity index is 1.67. The summed E-state index contributed by atoms with van der Waals surface area (Å²) in [4.78, 5) is 15.9. The molecule has 116 valence electrons. The lowest BCUT2D eigenvalue weighted by molar-refractivity contribution is 0.0917. The molecule has 2 heterocycles. The van der Waals surface area contributed by atoms with E-state index in [1.807, 2.05) is 12.1 Å². The van der Waals surface area contributed by atoms with Crippen molar-refractivity contribution in [3.8, 4) is 17.2 Å². The first-order valence-electron chi connectivity index (χ1n) is 6.91. The van der Waals surface area contributed by atoms with Crippen molar-refractivity contribution in [1.29, 1.82) is 0 Å². The molecule has 7 nitrogen and oxygen atoms in total. The fraction of sp³-hybridized carbons (Fsp3) is 0.125. The summed E-state index contributed by atoms with van der Waals surface area (Å²) in [5.74, 6) is 0.504. The molecule has 0 aliphatic heterocycles. The summed E-state index contributed by atoms with van der Waals surface area (Å²) in [5, 5.41) is 10.4. The van der Waals surface area contributed by atoms with E-state index in [9.17, 15) is 4.79 Å². The second kappa shape index (κ2) is 6.69. The average Bonchev–Trinajstić information content (AvgIpc) is 3.11. The quantitative estimate of drug-likeness (QED) is 0.776. The smallest absolute Gasteiger partial charge is 0.309 e. The number of amides is 1. The normalized spacial score (nSPS) is 10.3. The summed E-state index contributed by atoms with van der Waals surface area (Å²) in [6.07, 6.45) is 3.33. The topological polar surface area (TPSA) is 90.1 Å². The summed E-state index contributed by atoms with van der Waals surface area (Å²) in [6.45, 7) is 0.363. The predicted octanol–water partition coefficient (Wildman–Crippen LogP) is 2.07. The molecule has 0 aliphatic rings. The van der Waals surface area contributed by atoms with E-state index in [0.29, 0.717) is 12.1 Å². The van der Waals surface area contributed by atoms with Crippen LogP contribution in [0.5, 0.6) is 5.75 Å². The van der Waals surface area contributed by atoms with E-state index in [-0.39, 0.29) is 11.8 Å². The molecule has 2 aromatic heterocycles. The first-order valence-corrected chi connectivity index (χ1v) is 6.91. The van der Waals surface area contributed by atoms with Gasteiger partial charge in [0.25, 0.3) is 0 Å². The van der Waals surface area contributed by atoms with Crippen LogP contribution in [-0.2, 0) is 6.54 Å². The number of benzene rings is 1. The minimum absolute atomic E-state index is 0.0788. The highest BCUT2D eigenvalue weighted by atomic mass is 16.5. The first-order chi connectivity index (χ1) is 11.3. The second-order valence-electron chi connectivity index (χ2n) is 4.68. The maximum atomic E-state index is 12.0. The van der Waals surface area contributed by atoms with Gasteiger partial charge in [-0.05, 0) is 42.0 Å². The van der Waals surface area contributed by atoms with Crippen molar-refractivity contribution in [2.24, 2.45) is 0 Å². The van der Waals surface area contributed by atoms with Gasteiger partial charge in [0.2, 0.25) is 5.89 Å². The van der Waals surface area contributed by atoms with E-state index in [4.69, 9.17) is 9.15 Å². The van der Waals surface area contributed by atoms with Crippen LogP contribution in [0.3, 0.4) is 0 Å². The van der Waals surface area contributed by atoms with Gasteiger partial charge >= 0.3 is 11.8 Å². The molecule has 0 saturated heterocycles. The van der Waals surface area contributed by atoms with Crippen LogP contribution in [0, 0.1) is 0 Å². The molecule has 0 radical (unpaired) electrons. The number of aromatic nitrogens is 3. The van der Waals surface area contributed by atoms with Gasteiger partial charge in [0, 0.05) is 24.5 Å². The highest BCUT2D eigenvalue weighted by molar-refractivity contribution is 5.89. The number of hydrogen-bond donors (Lipinski definition) is 1. The Bertz CT molecular complexity index is 785. The highest BCUT2D eigenvalue weighted by Crippen LogP contribution is 2.21. The SMILES string of the molecule is COc1ccc(-c2nnc(C(=O)NCc3ccncc3)o2)cc1. The van der Waals surface area contributed by atoms with Crippen LogP contribution in [-0.4, -0.2) is 28.2 Å². The van der Waals surface area contributed by atoms with E-state index in [1.54, 1.807) is 43.8 Å². The van der Waals surface area contributed by atoms with Crippen LogP contribution >= 0.6 is 0 Å². The van der Waals surface area contributed by atoms with E-state index in [0.717, 1.165) is 11.3 Å². The van der Waals surface area contributed by atoms with Crippen LogP contribution in [0.15, 0.2) is 53.2 Å². The molecule has 7 heteroatoms. The van der Waals surface area contributed by atoms with Gasteiger partial charge in [-0.2, -0.15) is 0 Å². The molecule has 1 amide bonds. The van der Waals surface area contributed by atoms with Crippen molar-refractivity contribution >= 4 is 5.91 Å². The summed E-state index contributed by atoms with van der Waals surface area (Å²) < 4.78 is 10.5. The molecule has 0 atom stereocenters.